The van der Waals surface area contributed by atoms with E-state index in [0.717, 1.165) is 16.5 Å². The second kappa shape index (κ2) is 6.40. The van der Waals surface area contributed by atoms with Gasteiger partial charge in [0, 0.05) is 4.88 Å². The third-order valence-electron chi connectivity index (χ3n) is 4.13. The van der Waals surface area contributed by atoms with E-state index in [4.69, 9.17) is 4.74 Å². The van der Waals surface area contributed by atoms with Crippen molar-refractivity contribution in [1.29, 1.82) is 0 Å². The summed E-state index contributed by atoms with van der Waals surface area (Å²) in [6, 6.07) is 4.15. The molecule has 3 aromatic rings. The van der Waals surface area contributed by atoms with Crippen LogP contribution in [0.5, 0.6) is 0 Å². The number of rotatable bonds is 3. The van der Waals surface area contributed by atoms with Crippen LogP contribution in [0.2, 0.25) is 0 Å². The number of H-pyrrole nitrogens is 1. The van der Waals surface area contributed by atoms with E-state index >= 15 is 0 Å². The van der Waals surface area contributed by atoms with Gasteiger partial charge in [-0.05, 0) is 51.0 Å². The van der Waals surface area contributed by atoms with Gasteiger partial charge in [-0.3, -0.25) is 4.79 Å². The molecule has 3 rings (SSSR count). The summed E-state index contributed by atoms with van der Waals surface area (Å²) < 4.78 is 18.9. The van der Waals surface area contributed by atoms with Crippen LogP contribution in [0.3, 0.4) is 0 Å². The van der Waals surface area contributed by atoms with Crippen molar-refractivity contribution in [2.75, 3.05) is 0 Å². The monoisotopic (exact) mass is 360 g/mol. The minimum absolute atomic E-state index is 0.112. The van der Waals surface area contributed by atoms with Crippen molar-refractivity contribution in [3.8, 4) is 0 Å². The first-order chi connectivity index (χ1) is 11.8. The number of esters is 1. The highest BCUT2D eigenvalue weighted by molar-refractivity contribution is 7.18. The fourth-order valence-corrected chi connectivity index (χ4v) is 3.51. The minimum Gasteiger partial charge on any atom is -0.451 e. The van der Waals surface area contributed by atoms with E-state index in [0.29, 0.717) is 15.8 Å². The van der Waals surface area contributed by atoms with Crippen molar-refractivity contribution < 1.29 is 13.9 Å². The number of carbonyl (C=O) groups excluding carboxylic acids is 1. The largest absolute Gasteiger partial charge is 0.451 e. The number of halogens is 1. The van der Waals surface area contributed by atoms with Gasteiger partial charge >= 0.3 is 5.97 Å². The van der Waals surface area contributed by atoms with Crippen LogP contribution >= 0.6 is 11.3 Å². The molecule has 0 aliphatic heterocycles. The maximum absolute atomic E-state index is 13.6. The predicted octanol–water partition coefficient (Wildman–Crippen LogP) is 3.97. The van der Waals surface area contributed by atoms with Crippen LogP contribution in [-0.4, -0.2) is 15.9 Å². The third kappa shape index (κ3) is 3.19. The van der Waals surface area contributed by atoms with E-state index in [9.17, 15) is 14.0 Å². The number of nitrogens with zero attached hydrogens (tertiary/aromatic N) is 1. The van der Waals surface area contributed by atoms with Crippen molar-refractivity contribution in [3.63, 3.8) is 0 Å². The molecule has 0 bridgehead atoms. The zero-order chi connectivity index (χ0) is 18.3. The van der Waals surface area contributed by atoms with Crippen molar-refractivity contribution in [2.45, 2.75) is 33.8 Å². The molecule has 2 heterocycles. The second-order valence-corrected chi connectivity index (χ2v) is 7.13. The number of nitrogens with one attached hydrogen (secondary N) is 1. The summed E-state index contributed by atoms with van der Waals surface area (Å²) in [5, 5.41) is 0.561. The first kappa shape index (κ1) is 17.3. The molecule has 0 amide bonds. The Morgan fingerprint density at radius 2 is 2.04 bits per heavy atom. The van der Waals surface area contributed by atoms with Gasteiger partial charge in [0.1, 0.15) is 10.6 Å². The Morgan fingerprint density at radius 1 is 1.32 bits per heavy atom. The zero-order valence-corrected chi connectivity index (χ0v) is 15.1. The van der Waals surface area contributed by atoms with Crippen LogP contribution in [0, 0.1) is 26.6 Å². The molecule has 0 aliphatic carbocycles. The van der Waals surface area contributed by atoms with E-state index in [1.54, 1.807) is 13.8 Å². The van der Waals surface area contributed by atoms with E-state index in [1.165, 1.54) is 23.5 Å². The molecule has 0 spiro atoms. The summed E-state index contributed by atoms with van der Waals surface area (Å²) in [5.41, 5.74) is 1.21. The minimum atomic E-state index is -0.767. The van der Waals surface area contributed by atoms with Crippen molar-refractivity contribution >= 4 is 27.5 Å². The summed E-state index contributed by atoms with van der Waals surface area (Å²) in [7, 11) is 0. The van der Waals surface area contributed by atoms with E-state index in [1.807, 2.05) is 13.8 Å². The molecule has 0 unspecified atom stereocenters. The normalized spacial score (nSPS) is 12.4. The van der Waals surface area contributed by atoms with Crippen LogP contribution in [0.1, 0.15) is 45.2 Å². The Bertz CT molecular complexity index is 1040. The van der Waals surface area contributed by atoms with Gasteiger partial charge in [0.25, 0.3) is 5.56 Å². The smallest absolute Gasteiger partial charge is 0.338 e. The average Bonchev–Trinajstić information content (AvgIpc) is 2.84. The topological polar surface area (TPSA) is 72.0 Å². The number of hydrogen-bond donors (Lipinski definition) is 1. The predicted molar refractivity (Wildman–Crippen MR) is 94.7 cm³/mol. The quantitative estimate of drug-likeness (QED) is 0.718. The number of hydrogen-bond acceptors (Lipinski definition) is 5. The molecule has 1 atom stereocenters. The lowest BCUT2D eigenvalue weighted by molar-refractivity contribution is 0.0319. The molecule has 0 aliphatic rings. The number of aryl methyl sites for hydroxylation is 3. The van der Waals surface area contributed by atoms with Crippen LogP contribution in [0.25, 0.3) is 10.2 Å². The van der Waals surface area contributed by atoms with Gasteiger partial charge in [-0.25, -0.2) is 14.2 Å². The van der Waals surface area contributed by atoms with Crippen molar-refractivity contribution in [2.24, 2.45) is 0 Å². The highest BCUT2D eigenvalue weighted by Gasteiger charge is 2.19. The maximum atomic E-state index is 13.6. The first-order valence-electron chi connectivity index (χ1n) is 7.75. The molecular formula is C18H17FN2O3S. The van der Waals surface area contributed by atoms with E-state index in [-0.39, 0.29) is 16.9 Å². The Balaban J connectivity index is 1.89. The number of aromatic nitrogens is 2. The molecule has 0 radical (unpaired) electrons. The van der Waals surface area contributed by atoms with Gasteiger partial charge in [0.15, 0.2) is 11.9 Å². The zero-order valence-electron chi connectivity index (χ0n) is 14.3. The SMILES string of the molecule is Cc1ccc(C(=O)O[C@H](C)c2nc3sc(C)c(C)c3c(=O)[nH]2)cc1F. The molecule has 25 heavy (non-hydrogen) atoms. The third-order valence-corrected chi connectivity index (χ3v) is 5.23. The number of carbonyl (C=O) groups is 1. The van der Waals surface area contributed by atoms with Crippen molar-refractivity contribution in [1.82, 2.24) is 9.97 Å². The number of benzene rings is 1. The van der Waals surface area contributed by atoms with Gasteiger partial charge in [-0.2, -0.15) is 0 Å². The summed E-state index contributed by atoms with van der Waals surface area (Å²) >= 11 is 1.42. The second-order valence-electron chi connectivity index (χ2n) is 5.93. The average molecular weight is 360 g/mol. The molecule has 1 N–H and O–H groups in total. The van der Waals surface area contributed by atoms with Gasteiger partial charge in [0.2, 0.25) is 0 Å². The number of thiophene rings is 1. The highest BCUT2D eigenvalue weighted by Crippen LogP contribution is 2.27. The molecule has 5 nitrogen and oxygen atoms in total. The summed E-state index contributed by atoms with van der Waals surface area (Å²) in [6.07, 6.45) is -0.767. The molecule has 0 saturated carbocycles. The summed E-state index contributed by atoms with van der Waals surface area (Å²) in [6.45, 7) is 7.03. The summed E-state index contributed by atoms with van der Waals surface area (Å²) in [5.74, 6) is -0.882. The standard InChI is InChI=1S/C18H17FN2O3S/c1-8-5-6-12(7-13(8)19)18(23)24-10(3)15-20-16(22)14-9(2)11(4)25-17(14)21-15/h5-7,10H,1-4H3,(H,20,21,22)/t10-/m1/s1. The molecule has 0 saturated heterocycles. The van der Waals surface area contributed by atoms with Gasteiger partial charge in [0.05, 0.1) is 10.9 Å². The Kier molecular flexibility index (Phi) is 4.43. The Labute approximate surface area is 147 Å². The van der Waals surface area contributed by atoms with Crippen LogP contribution < -0.4 is 5.56 Å². The summed E-state index contributed by atoms with van der Waals surface area (Å²) in [4.78, 5) is 33.2. The lowest BCUT2D eigenvalue weighted by atomic mass is 10.1. The van der Waals surface area contributed by atoms with Crippen LogP contribution in [0.4, 0.5) is 4.39 Å². The highest BCUT2D eigenvalue weighted by atomic mass is 32.1. The van der Waals surface area contributed by atoms with Gasteiger partial charge in [-0.15, -0.1) is 11.3 Å². The first-order valence-corrected chi connectivity index (χ1v) is 8.56. The fourth-order valence-electron chi connectivity index (χ4n) is 2.47. The molecule has 0 fully saturated rings. The fraction of sp³-hybridized carbons (Fsp3) is 0.278. The van der Waals surface area contributed by atoms with Crippen molar-refractivity contribution in [3.05, 3.63) is 61.8 Å². The maximum Gasteiger partial charge on any atom is 0.338 e. The Hall–Kier alpha value is -2.54. The molecule has 2 aromatic heterocycles. The van der Waals surface area contributed by atoms with Gasteiger partial charge < -0.3 is 9.72 Å². The number of aromatic amines is 1. The molecule has 1 aromatic carbocycles. The van der Waals surface area contributed by atoms with Gasteiger partial charge in [-0.1, -0.05) is 6.07 Å². The molecule has 7 heteroatoms. The van der Waals surface area contributed by atoms with E-state index < -0.39 is 17.9 Å². The number of ether oxygens (including phenoxy) is 1. The molecule has 130 valence electrons. The van der Waals surface area contributed by atoms with E-state index in [2.05, 4.69) is 9.97 Å². The lowest BCUT2D eigenvalue weighted by Gasteiger charge is -2.13. The Morgan fingerprint density at radius 3 is 2.72 bits per heavy atom. The number of fused-ring (bicyclic) bond motifs is 1. The van der Waals surface area contributed by atoms with Crippen LogP contribution in [0.15, 0.2) is 23.0 Å². The van der Waals surface area contributed by atoms with Crippen LogP contribution in [-0.2, 0) is 4.74 Å². The lowest BCUT2D eigenvalue weighted by Crippen LogP contribution is -2.17. The molecular weight excluding hydrogens is 343 g/mol.